The lowest BCUT2D eigenvalue weighted by atomic mass is 9.83. The molecule has 3 aliphatic rings. The van der Waals surface area contributed by atoms with Crippen LogP contribution < -0.4 is 5.32 Å². The second kappa shape index (κ2) is 5.04. The van der Waals surface area contributed by atoms with E-state index >= 15 is 0 Å². The van der Waals surface area contributed by atoms with Crippen molar-refractivity contribution in [1.82, 2.24) is 15.2 Å². The van der Waals surface area contributed by atoms with Crippen LogP contribution in [0, 0.1) is 6.92 Å². The molecule has 0 aromatic carbocycles. The van der Waals surface area contributed by atoms with Crippen LogP contribution >= 0.6 is 11.3 Å². The fourth-order valence-corrected chi connectivity index (χ4v) is 5.58. The second-order valence-corrected chi connectivity index (χ2v) is 8.54. The highest BCUT2D eigenvalue weighted by molar-refractivity contribution is 7.11. The lowest BCUT2D eigenvalue weighted by Crippen LogP contribution is -2.55. The van der Waals surface area contributed by atoms with Crippen molar-refractivity contribution in [3.8, 4) is 0 Å². The summed E-state index contributed by atoms with van der Waals surface area (Å²) in [6.07, 6.45) is 9.05. The van der Waals surface area contributed by atoms with Gasteiger partial charge >= 0.3 is 0 Å². The van der Waals surface area contributed by atoms with Crippen molar-refractivity contribution in [2.24, 2.45) is 0 Å². The van der Waals surface area contributed by atoms with Crippen LogP contribution in [0.5, 0.6) is 0 Å². The molecule has 1 N–H and O–H groups in total. The standard InChI is InChI=1S/C17H27N3S/c1-4-15-11(2)21-16(18-15)17(19-12-5-6-12)9-13-7-8-14(10-17)20(13)3/h12-14,19H,4-10H2,1-3H3. The zero-order valence-corrected chi connectivity index (χ0v) is 14.3. The lowest BCUT2D eigenvalue weighted by Gasteiger charge is -2.45. The fraction of sp³-hybridized carbons (Fsp3) is 0.824. The molecule has 0 radical (unpaired) electrons. The molecule has 2 atom stereocenters. The molecule has 0 amide bonds. The molecule has 4 heteroatoms. The summed E-state index contributed by atoms with van der Waals surface area (Å²) >= 11 is 1.96. The molecule has 2 saturated heterocycles. The van der Waals surface area contributed by atoms with Crippen molar-refractivity contribution in [1.29, 1.82) is 0 Å². The van der Waals surface area contributed by atoms with E-state index in [2.05, 4.69) is 31.1 Å². The molecule has 1 aliphatic carbocycles. The van der Waals surface area contributed by atoms with Crippen LogP contribution in [0.1, 0.15) is 61.0 Å². The van der Waals surface area contributed by atoms with E-state index in [0.29, 0.717) is 0 Å². The Morgan fingerprint density at radius 3 is 2.43 bits per heavy atom. The van der Waals surface area contributed by atoms with Gasteiger partial charge in [-0.15, -0.1) is 11.3 Å². The molecule has 116 valence electrons. The first-order valence-corrected chi connectivity index (χ1v) is 9.39. The predicted octanol–water partition coefficient (Wildman–Crippen LogP) is 3.22. The zero-order chi connectivity index (χ0) is 14.6. The number of aryl methyl sites for hydroxylation is 2. The van der Waals surface area contributed by atoms with Gasteiger partial charge in [0.15, 0.2) is 0 Å². The summed E-state index contributed by atoms with van der Waals surface area (Å²) in [7, 11) is 2.33. The Morgan fingerprint density at radius 2 is 1.90 bits per heavy atom. The zero-order valence-electron chi connectivity index (χ0n) is 13.5. The number of rotatable bonds is 4. The molecule has 21 heavy (non-hydrogen) atoms. The summed E-state index contributed by atoms with van der Waals surface area (Å²) in [5.41, 5.74) is 1.49. The smallest absolute Gasteiger partial charge is 0.113 e. The summed E-state index contributed by atoms with van der Waals surface area (Å²) in [6.45, 7) is 4.47. The number of fused-ring (bicyclic) bond motifs is 2. The predicted molar refractivity (Wildman–Crippen MR) is 87.9 cm³/mol. The van der Waals surface area contributed by atoms with Gasteiger partial charge < -0.3 is 10.2 Å². The van der Waals surface area contributed by atoms with E-state index in [1.54, 1.807) is 0 Å². The minimum absolute atomic E-state index is 0.169. The molecule has 1 aromatic heterocycles. The Morgan fingerprint density at radius 1 is 1.24 bits per heavy atom. The van der Waals surface area contributed by atoms with Crippen LogP contribution in [0.25, 0.3) is 0 Å². The van der Waals surface area contributed by atoms with Crippen molar-refractivity contribution in [3.05, 3.63) is 15.6 Å². The van der Waals surface area contributed by atoms with E-state index in [-0.39, 0.29) is 5.54 Å². The van der Waals surface area contributed by atoms with E-state index in [4.69, 9.17) is 4.98 Å². The van der Waals surface area contributed by atoms with Gasteiger partial charge in [-0.2, -0.15) is 0 Å². The summed E-state index contributed by atoms with van der Waals surface area (Å²) in [4.78, 5) is 9.12. The van der Waals surface area contributed by atoms with Crippen LogP contribution in [-0.4, -0.2) is 35.1 Å². The second-order valence-electron chi connectivity index (χ2n) is 7.33. The fourth-order valence-electron chi connectivity index (χ4n) is 4.40. The van der Waals surface area contributed by atoms with Gasteiger partial charge in [0.25, 0.3) is 0 Å². The lowest BCUT2D eigenvalue weighted by molar-refractivity contribution is 0.0872. The van der Waals surface area contributed by atoms with E-state index in [9.17, 15) is 0 Å². The Labute approximate surface area is 132 Å². The monoisotopic (exact) mass is 305 g/mol. The summed E-state index contributed by atoms with van der Waals surface area (Å²) in [5, 5.41) is 5.41. The number of nitrogens with zero attached hydrogens (tertiary/aromatic N) is 2. The van der Waals surface area contributed by atoms with Crippen molar-refractivity contribution >= 4 is 11.3 Å². The molecule has 4 rings (SSSR count). The highest BCUT2D eigenvalue weighted by Crippen LogP contribution is 2.47. The first kappa shape index (κ1) is 14.2. The normalized spacial score (nSPS) is 36.3. The highest BCUT2D eigenvalue weighted by Gasteiger charge is 2.50. The SMILES string of the molecule is CCc1nc(C2(NC3CC3)CC3CCC(C2)N3C)sc1C. The minimum atomic E-state index is 0.169. The van der Waals surface area contributed by atoms with Crippen LogP contribution in [0.4, 0.5) is 0 Å². The molecule has 2 bridgehead atoms. The van der Waals surface area contributed by atoms with Gasteiger partial charge in [-0.3, -0.25) is 0 Å². The van der Waals surface area contributed by atoms with Crippen LogP contribution in [0.3, 0.4) is 0 Å². The number of hydrogen-bond donors (Lipinski definition) is 1. The quantitative estimate of drug-likeness (QED) is 0.926. The maximum absolute atomic E-state index is 5.06. The van der Waals surface area contributed by atoms with Crippen molar-refractivity contribution in [2.45, 2.75) is 82.5 Å². The molecule has 0 spiro atoms. The topological polar surface area (TPSA) is 28.2 Å². The molecule has 3 heterocycles. The Kier molecular flexibility index (Phi) is 3.40. The number of aromatic nitrogens is 1. The van der Waals surface area contributed by atoms with Crippen LogP contribution in [0.2, 0.25) is 0 Å². The maximum Gasteiger partial charge on any atom is 0.113 e. The van der Waals surface area contributed by atoms with Gasteiger partial charge in [0.05, 0.1) is 11.2 Å². The molecular weight excluding hydrogens is 278 g/mol. The summed E-state index contributed by atoms with van der Waals surface area (Å²) in [6, 6.07) is 2.26. The van der Waals surface area contributed by atoms with E-state index < -0.39 is 0 Å². The third-order valence-corrected chi connectivity index (χ3v) is 7.07. The molecule has 3 nitrogen and oxygen atoms in total. The molecular formula is C17H27N3S. The van der Waals surface area contributed by atoms with Gasteiger partial charge in [-0.05, 0) is 58.9 Å². The van der Waals surface area contributed by atoms with E-state index in [0.717, 1.165) is 24.5 Å². The summed E-state index contributed by atoms with van der Waals surface area (Å²) in [5.74, 6) is 0. The minimum Gasteiger partial charge on any atom is -0.302 e. The van der Waals surface area contributed by atoms with Gasteiger partial charge in [-0.25, -0.2) is 4.98 Å². The molecule has 1 aromatic rings. The van der Waals surface area contributed by atoms with E-state index in [1.165, 1.54) is 54.1 Å². The van der Waals surface area contributed by atoms with Crippen molar-refractivity contribution < 1.29 is 0 Å². The van der Waals surface area contributed by atoms with Gasteiger partial charge in [0, 0.05) is 23.0 Å². The average molecular weight is 305 g/mol. The van der Waals surface area contributed by atoms with Gasteiger partial charge in [0.2, 0.25) is 0 Å². The maximum atomic E-state index is 5.06. The van der Waals surface area contributed by atoms with Crippen molar-refractivity contribution in [2.75, 3.05) is 7.05 Å². The molecule has 2 aliphatic heterocycles. The molecule has 2 unspecified atom stereocenters. The Bertz CT molecular complexity index is 520. The highest BCUT2D eigenvalue weighted by atomic mass is 32.1. The average Bonchev–Trinajstić information content (AvgIpc) is 3.15. The first-order chi connectivity index (χ1) is 10.1. The summed E-state index contributed by atoms with van der Waals surface area (Å²) < 4.78 is 0. The van der Waals surface area contributed by atoms with Gasteiger partial charge in [-0.1, -0.05) is 6.92 Å². The Balaban J connectivity index is 1.70. The van der Waals surface area contributed by atoms with Crippen LogP contribution in [-0.2, 0) is 12.0 Å². The molecule has 3 fully saturated rings. The van der Waals surface area contributed by atoms with E-state index in [1.807, 2.05) is 11.3 Å². The van der Waals surface area contributed by atoms with Crippen LogP contribution in [0.15, 0.2) is 0 Å². The molecule has 1 saturated carbocycles. The Hall–Kier alpha value is -0.450. The van der Waals surface area contributed by atoms with Crippen molar-refractivity contribution in [3.63, 3.8) is 0 Å². The first-order valence-electron chi connectivity index (χ1n) is 8.58. The number of nitrogens with one attached hydrogen (secondary N) is 1. The largest absolute Gasteiger partial charge is 0.302 e. The van der Waals surface area contributed by atoms with Gasteiger partial charge in [0.1, 0.15) is 5.01 Å². The number of thiazole rings is 1. The number of piperidine rings is 1. The third kappa shape index (κ3) is 2.36. The third-order valence-electron chi connectivity index (χ3n) is 5.85. The number of hydrogen-bond acceptors (Lipinski definition) is 4.